The summed E-state index contributed by atoms with van der Waals surface area (Å²) in [5.41, 5.74) is 2.09. The van der Waals surface area contributed by atoms with Gasteiger partial charge in [0.25, 0.3) is 0 Å². The Hall–Kier alpha value is -1.45. The highest BCUT2D eigenvalue weighted by atomic mass is 35.5. The van der Waals surface area contributed by atoms with E-state index in [4.69, 9.17) is 11.6 Å². The van der Waals surface area contributed by atoms with E-state index >= 15 is 0 Å². The fraction of sp³-hybridized carbons (Fsp3) is 0.500. The van der Waals surface area contributed by atoms with E-state index in [0.717, 1.165) is 36.2 Å². The zero-order valence-electron chi connectivity index (χ0n) is 17.0. The molecule has 1 nitrogen and oxygen atoms in total. The SMILES string of the molecule is CCCCC(c1ccc(Cl)cc1)N1CC(C(c2cc(F)cc(F)c2)C(C)C)C1. The molecule has 2 aromatic carbocycles. The van der Waals surface area contributed by atoms with Crippen LogP contribution in [0.5, 0.6) is 0 Å². The minimum Gasteiger partial charge on any atom is -0.296 e. The molecule has 0 bridgehead atoms. The van der Waals surface area contributed by atoms with Crippen molar-refractivity contribution in [2.75, 3.05) is 13.1 Å². The number of hydrogen-bond acceptors (Lipinski definition) is 1. The van der Waals surface area contributed by atoms with E-state index < -0.39 is 11.6 Å². The standard InChI is InChI=1S/C24H30ClF2N/c1-4-5-6-23(17-7-9-20(25)10-8-17)28-14-19(15-28)24(16(2)3)18-11-21(26)13-22(27)12-18/h7-13,16,19,23-24H,4-6,14-15H2,1-3H3. The van der Waals surface area contributed by atoms with E-state index in [1.54, 1.807) is 0 Å². The summed E-state index contributed by atoms with van der Waals surface area (Å²) in [7, 11) is 0. The molecule has 0 radical (unpaired) electrons. The third kappa shape index (κ3) is 4.93. The van der Waals surface area contributed by atoms with Gasteiger partial charge in [-0.1, -0.05) is 57.3 Å². The van der Waals surface area contributed by atoms with Gasteiger partial charge in [-0.25, -0.2) is 8.78 Å². The second-order valence-corrected chi connectivity index (χ2v) is 8.83. The summed E-state index contributed by atoms with van der Waals surface area (Å²) in [6.07, 6.45) is 3.46. The van der Waals surface area contributed by atoms with Gasteiger partial charge in [-0.3, -0.25) is 4.90 Å². The first-order valence-electron chi connectivity index (χ1n) is 10.3. The summed E-state index contributed by atoms with van der Waals surface area (Å²) in [5, 5.41) is 0.757. The smallest absolute Gasteiger partial charge is 0.126 e. The number of likely N-dealkylation sites (tertiary alicyclic amines) is 1. The Morgan fingerprint density at radius 3 is 2.14 bits per heavy atom. The van der Waals surface area contributed by atoms with Crippen molar-refractivity contribution in [3.05, 3.63) is 70.2 Å². The summed E-state index contributed by atoms with van der Waals surface area (Å²) in [6.45, 7) is 8.41. The van der Waals surface area contributed by atoms with Gasteiger partial charge in [0, 0.05) is 30.2 Å². The topological polar surface area (TPSA) is 3.24 Å². The van der Waals surface area contributed by atoms with Crippen molar-refractivity contribution in [1.29, 1.82) is 0 Å². The normalized spacial score (nSPS) is 17.5. The fourth-order valence-corrected chi connectivity index (χ4v) is 4.77. The fourth-order valence-electron chi connectivity index (χ4n) is 4.64. The predicted octanol–water partition coefficient (Wildman–Crippen LogP) is 7.22. The highest BCUT2D eigenvalue weighted by Gasteiger charge is 2.39. The zero-order valence-corrected chi connectivity index (χ0v) is 17.7. The molecule has 2 aromatic rings. The van der Waals surface area contributed by atoms with Crippen LogP contribution in [-0.2, 0) is 0 Å². The molecule has 28 heavy (non-hydrogen) atoms. The van der Waals surface area contributed by atoms with Gasteiger partial charge in [0.05, 0.1) is 0 Å². The van der Waals surface area contributed by atoms with Gasteiger partial charge in [-0.05, 0) is 59.6 Å². The Morgan fingerprint density at radius 1 is 1.00 bits per heavy atom. The van der Waals surface area contributed by atoms with Crippen LogP contribution in [0.3, 0.4) is 0 Å². The number of unbranched alkanes of at least 4 members (excludes halogenated alkanes) is 1. The van der Waals surface area contributed by atoms with Gasteiger partial charge in [0.1, 0.15) is 11.6 Å². The molecule has 0 spiro atoms. The minimum absolute atomic E-state index is 0.165. The van der Waals surface area contributed by atoms with Crippen LogP contribution in [-0.4, -0.2) is 18.0 Å². The molecule has 2 atom stereocenters. The van der Waals surface area contributed by atoms with Gasteiger partial charge in [0.2, 0.25) is 0 Å². The number of nitrogens with zero attached hydrogens (tertiary/aromatic N) is 1. The Bertz CT molecular complexity index is 748. The molecule has 0 saturated carbocycles. The lowest BCUT2D eigenvalue weighted by Crippen LogP contribution is -2.51. The monoisotopic (exact) mass is 405 g/mol. The van der Waals surface area contributed by atoms with Crippen molar-refractivity contribution in [2.24, 2.45) is 11.8 Å². The highest BCUT2D eigenvalue weighted by Crippen LogP contribution is 2.42. The summed E-state index contributed by atoms with van der Waals surface area (Å²) in [6, 6.07) is 12.5. The maximum absolute atomic E-state index is 13.8. The van der Waals surface area contributed by atoms with Gasteiger partial charge in [-0.15, -0.1) is 0 Å². The van der Waals surface area contributed by atoms with Crippen molar-refractivity contribution < 1.29 is 8.78 Å². The molecule has 3 rings (SSSR count). The Labute approximate surface area is 172 Å². The molecule has 4 heteroatoms. The van der Waals surface area contributed by atoms with Crippen LogP contribution in [0.15, 0.2) is 42.5 Å². The average molecular weight is 406 g/mol. The van der Waals surface area contributed by atoms with E-state index in [9.17, 15) is 8.78 Å². The van der Waals surface area contributed by atoms with Crippen LogP contribution >= 0.6 is 11.6 Å². The van der Waals surface area contributed by atoms with E-state index in [0.29, 0.717) is 17.9 Å². The number of benzene rings is 2. The molecule has 1 fully saturated rings. The summed E-state index contributed by atoms with van der Waals surface area (Å²) in [4.78, 5) is 2.51. The minimum atomic E-state index is -0.487. The van der Waals surface area contributed by atoms with Gasteiger partial charge < -0.3 is 0 Å². The first-order chi connectivity index (χ1) is 13.4. The number of hydrogen-bond donors (Lipinski definition) is 0. The molecule has 0 aliphatic carbocycles. The maximum Gasteiger partial charge on any atom is 0.126 e. The molecule has 1 aliphatic rings. The summed E-state index contributed by atoms with van der Waals surface area (Å²) in [5.74, 6) is -0.0632. The lowest BCUT2D eigenvalue weighted by Gasteiger charge is -2.49. The van der Waals surface area contributed by atoms with Crippen LogP contribution in [0.25, 0.3) is 0 Å². The third-order valence-corrected chi connectivity index (χ3v) is 6.21. The molecule has 0 amide bonds. The second kappa shape index (κ2) is 9.37. The van der Waals surface area contributed by atoms with E-state index in [2.05, 4.69) is 37.8 Å². The lowest BCUT2D eigenvalue weighted by molar-refractivity contribution is 0.0229. The first kappa shape index (κ1) is 21.3. The molecule has 1 aliphatic heterocycles. The molecular weight excluding hydrogens is 376 g/mol. The van der Waals surface area contributed by atoms with Crippen LogP contribution < -0.4 is 0 Å². The summed E-state index contributed by atoms with van der Waals surface area (Å²) < 4.78 is 27.5. The zero-order chi connectivity index (χ0) is 20.3. The Balaban J connectivity index is 1.75. The molecule has 1 saturated heterocycles. The lowest BCUT2D eigenvalue weighted by atomic mass is 9.73. The molecule has 2 unspecified atom stereocenters. The molecule has 152 valence electrons. The average Bonchev–Trinajstić information content (AvgIpc) is 2.59. The van der Waals surface area contributed by atoms with E-state index in [-0.39, 0.29) is 5.92 Å². The van der Waals surface area contributed by atoms with Crippen molar-refractivity contribution >= 4 is 11.6 Å². The number of rotatable bonds is 8. The molecule has 0 aromatic heterocycles. The highest BCUT2D eigenvalue weighted by molar-refractivity contribution is 6.30. The van der Waals surface area contributed by atoms with Crippen molar-refractivity contribution in [3.63, 3.8) is 0 Å². The van der Waals surface area contributed by atoms with Crippen LogP contribution in [0, 0.1) is 23.5 Å². The van der Waals surface area contributed by atoms with Crippen LogP contribution in [0.1, 0.15) is 63.1 Å². The largest absolute Gasteiger partial charge is 0.296 e. The van der Waals surface area contributed by atoms with Gasteiger partial charge in [-0.2, -0.15) is 0 Å². The predicted molar refractivity (Wildman–Crippen MR) is 113 cm³/mol. The second-order valence-electron chi connectivity index (χ2n) is 8.40. The summed E-state index contributed by atoms with van der Waals surface area (Å²) >= 11 is 6.07. The van der Waals surface area contributed by atoms with Crippen molar-refractivity contribution in [1.82, 2.24) is 4.90 Å². The quantitative estimate of drug-likeness (QED) is 0.448. The number of halogens is 3. The van der Waals surface area contributed by atoms with Crippen molar-refractivity contribution in [3.8, 4) is 0 Å². The van der Waals surface area contributed by atoms with Gasteiger partial charge >= 0.3 is 0 Å². The van der Waals surface area contributed by atoms with Crippen LogP contribution in [0.2, 0.25) is 5.02 Å². The maximum atomic E-state index is 13.8. The van der Waals surface area contributed by atoms with Crippen LogP contribution in [0.4, 0.5) is 8.78 Å². The van der Waals surface area contributed by atoms with E-state index in [1.807, 2.05) is 12.1 Å². The third-order valence-electron chi connectivity index (χ3n) is 5.96. The first-order valence-corrected chi connectivity index (χ1v) is 10.7. The molecule has 0 N–H and O–H groups in total. The Kier molecular flexibility index (Phi) is 7.11. The molecule has 1 heterocycles. The van der Waals surface area contributed by atoms with E-state index in [1.165, 1.54) is 30.5 Å². The molecular formula is C24H30ClF2N. The Morgan fingerprint density at radius 2 is 1.61 bits per heavy atom. The van der Waals surface area contributed by atoms with Gasteiger partial charge in [0.15, 0.2) is 0 Å². The van der Waals surface area contributed by atoms with Crippen molar-refractivity contribution in [2.45, 2.75) is 52.0 Å².